The minimum atomic E-state index is -1.25. The molecule has 0 saturated heterocycles. The molecule has 4 nitrogen and oxygen atoms in total. The van der Waals surface area contributed by atoms with Crippen LogP contribution >= 0.6 is 15.9 Å². The Morgan fingerprint density at radius 3 is 2.65 bits per heavy atom. The molecule has 0 radical (unpaired) electrons. The molecule has 0 fully saturated rings. The summed E-state index contributed by atoms with van der Waals surface area (Å²) in [6.45, 7) is 0. The van der Waals surface area contributed by atoms with Gasteiger partial charge in [0.1, 0.15) is 11.6 Å². The van der Waals surface area contributed by atoms with Crippen molar-refractivity contribution in [2.24, 2.45) is 0 Å². The van der Waals surface area contributed by atoms with Gasteiger partial charge >= 0.3 is 5.97 Å². The summed E-state index contributed by atoms with van der Waals surface area (Å²) in [5, 5.41) is 21.7. The zero-order valence-corrected chi connectivity index (χ0v) is 11.8. The maximum atomic E-state index is 13.2. The van der Waals surface area contributed by atoms with Crippen LogP contribution in [0.15, 0.2) is 46.9 Å². The fourth-order valence-corrected chi connectivity index (χ4v) is 2.17. The van der Waals surface area contributed by atoms with E-state index in [1.807, 2.05) is 0 Å². The first kappa shape index (κ1) is 14.3. The van der Waals surface area contributed by atoms with Crippen molar-refractivity contribution in [1.82, 2.24) is 0 Å². The number of aliphatic carboxylic acids is 1. The number of rotatable bonds is 4. The molecular formula is C14H11BrFNO3. The molecule has 1 unspecified atom stereocenters. The van der Waals surface area contributed by atoms with Gasteiger partial charge in [0.2, 0.25) is 0 Å². The number of carboxylic acids is 1. The maximum Gasteiger partial charge on any atom is 0.330 e. The van der Waals surface area contributed by atoms with Gasteiger partial charge in [-0.2, -0.15) is 0 Å². The minimum Gasteiger partial charge on any atom is -0.508 e. The highest BCUT2D eigenvalue weighted by molar-refractivity contribution is 9.10. The molecule has 0 heterocycles. The number of phenolic OH excluding ortho intramolecular Hbond substituents is 1. The van der Waals surface area contributed by atoms with Crippen LogP contribution in [0, 0.1) is 5.82 Å². The van der Waals surface area contributed by atoms with Gasteiger partial charge in [0.25, 0.3) is 0 Å². The van der Waals surface area contributed by atoms with Gasteiger partial charge in [-0.05, 0) is 36.4 Å². The smallest absolute Gasteiger partial charge is 0.330 e. The van der Waals surface area contributed by atoms with Crippen molar-refractivity contribution in [3.8, 4) is 5.75 Å². The van der Waals surface area contributed by atoms with Crippen LogP contribution in [0.25, 0.3) is 0 Å². The Balaban J connectivity index is 2.37. The van der Waals surface area contributed by atoms with E-state index in [0.29, 0.717) is 5.69 Å². The van der Waals surface area contributed by atoms with Gasteiger partial charge in [0.15, 0.2) is 6.04 Å². The van der Waals surface area contributed by atoms with Crippen LogP contribution < -0.4 is 5.32 Å². The lowest BCUT2D eigenvalue weighted by Gasteiger charge is -2.17. The largest absolute Gasteiger partial charge is 0.508 e. The summed E-state index contributed by atoms with van der Waals surface area (Å²) in [6.07, 6.45) is 0. The molecule has 6 heteroatoms. The molecular weight excluding hydrogens is 329 g/mol. The number of aromatic hydroxyl groups is 1. The summed E-state index contributed by atoms with van der Waals surface area (Å²) in [4.78, 5) is 11.3. The molecule has 2 rings (SSSR count). The highest BCUT2D eigenvalue weighted by Crippen LogP contribution is 2.29. The van der Waals surface area contributed by atoms with Crippen molar-refractivity contribution >= 4 is 27.6 Å². The number of benzene rings is 2. The van der Waals surface area contributed by atoms with E-state index in [0.717, 1.165) is 22.7 Å². The average Bonchev–Trinajstić information content (AvgIpc) is 2.39. The molecule has 1 atom stereocenters. The van der Waals surface area contributed by atoms with Gasteiger partial charge in [-0.25, -0.2) is 9.18 Å². The summed E-state index contributed by atoms with van der Waals surface area (Å²) in [5.74, 6) is -2.10. The van der Waals surface area contributed by atoms with Crippen LogP contribution in [0.4, 0.5) is 10.1 Å². The number of hydrogen-bond acceptors (Lipinski definition) is 3. The first-order valence-electron chi connectivity index (χ1n) is 5.70. The molecule has 2 aromatic rings. The van der Waals surface area contributed by atoms with Crippen molar-refractivity contribution < 1.29 is 19.4 Å². The third kappa shape index (κ3) is 3.27. The molecule has 20 heavy (non-hydrogen) atoms. The van der Waals surface area contributed by atoms with E-state index in [9.17, 15) is 19.4 Å². The highest BCUT2D eigenvalue weighted by atomic mass is 79.9. The molecule has 0 saturated carbocycles. The number of carboxylic acid groups (broad SMARTS) is 1. The average molecular weight is 340 g/mol. The van der Waals surface area contributed by atoms with E-state index in [1.165, 1.54) is 0 Å². The Labute approximate surface area is 123 Å². The number of anilines is 1. The minimum absolute atomic E-state index is 0.0301. The van der Waals surface area contributed by atoms with Crippen molar-refractivity contribution in [3.05, 3.63) is 58.3 Å². The zero-order chi connectivity index (χ0) is 14.7. The van der Waals surface area contributed by atoms with Crippen LogP contribution in [0.3, 0.4) is 0 Å². The summed E-state index contributed by atoms with van der Waals surface area (Å²) >= 11 is 3.27. The number of phenols is 1. The van der Waals surface area contributed by atoms with Gasteiger partial charge in [0, 0.05) is 15.7 Å². The Kier molecular flexibility index (Phi) is 4.24. The second-order valence-electron chi connectivity index (χ2n) is 4.13. The lowest BCUT2D eigenvalue weighted by molar-refractivity contribution is -0.138. The first-order valence-corrected chi connectivity index (χ1v) is 6.50. The molecule has 0 amide bonds. The van der Waals surface area contributed by atoms with Gasteiger partial charge in [-0.1, -0.05) is 22.0 Å². The topological polar surface area (TPSA) is 69.6 Å². The molecule has 0 aliphatic heterocycles. The molecule has 0 spiro atoms. The van der Waals surface area contributed by atoms with E-state index < -0.39 is 17.8 Å². The first-order chi connectivity index (χ1) is 9.47. The number of carbonyl (C=O) groups is 1. The molecule has 0 bridgehead atoms. The van der Waals surface area contributed by atoms with Crippen molar-refractivity contribution in [2.45, 2.75) is 6.04 Å². The van der Waals surface area contributed by atoms with Crippen LogP contribution in [-0.2, 0) is 4.79 Å². The van der Waals surface area contributed by atoms with E-state index in [1.54, 1.807) is 24.3 Å². The van der Waals surface area contributed by atoms with Crippen molar-refractivity contribution in [1.29, 1.82) is 0 Å². The Morgan fingerprint density at radius 2 is 2.00 bits per heavy atom. The molecule has 0 aromatic heterocycles. The Hall–Kier alpha value is -2.08. The van der Waals surface area contributed by atoms with Crippen molar-refractivity contribution in [2.75, 3.05) is 5.32 Å². The van der Waals surface area contributed by atoms with Crippen LogP contribution in [0.2, 0.25) is 0 Å². The molecule has 3 N–H and O–H groups in total. The molecule has 0 aliphatic rings. The Bertz CT molecular complexity index is 648. The number of hydrogen-bond donors (Lipinski definition) is 3. The van der Waals surface area contributed by atoms with Gasteiger partial charge in [-0.3, -0.25) is 0 Å². The van der Waals surface area contributed by atoms with Crippen LogP contribution in [-0.4, -0.2) is 16.2 Å². The number of nitrogens with one attached hydrogen (secondary N) is 1. The maximum absolute atomic E-state index is 13.2. The fraction of sp³-hybridized carbons (Fsp3) is 0.0714. The van der Waals surface area contributed by atoms with E-state index in [-0.39, 0.29) is 11.3 Å². The quantitative estimate of drug-likeness (QED) is 0.796. The van der Waals surface area contributed by atoms with Gasteiger partial charge in [0.05, 0.1) is 0 Å². The van der Waals surface area contributed by atoms with Gasteiger partial charge < -0.3 is 15.5 Å². The lowest BCUT2D eigenvalue weighted by atomic mass is 10.1. The third-order valence-corrected chi connectivity index (χ3v) is 3.18. The summed E-state index contributed by atoms with van der Waals surface area (Å²) in [6, 6.07) is 8.83. The summed E-state index contributed by atoms with van der Waals surface area (Å²) in [5.41, 5.74) is 0.507. The van der Waals surface area contributed by atoms with Crippen molar-refractivity contribution in [3.63, 3.8) is 0 Å². The van der Waals surface area contributed by atoms with E-state index in [4.69, 9.17) is 0 Å². The summed E-state index contributed by atoms with van der Waals surface area (Å²) in [7, 11) is 0. The monoisotopic (exact) mass is 339 g/mol. The third-order valence-electron chi connectivity index (χ3n) is 2.68. The Morgan fingerprint density at radius 1 is 1.25 bits per heavy atom. The predicted octanol–water partition coefficient (Wildman–Crippen LogP) is 3.53. The van der Waals surface area contributed by atoms with E-state index >= 15 is 0 Å². The summed E-state index contributed by atoms with van der Waals surface area (Å²) < 4.78 is 14.0. The van der Waals surface area contributed by atoms with Crippen LogP contribution in [0.5, 0.6) is 5.75 Å². The second-order valence-corrected chi connectivity index (χ2v) is 5.04. The standard InChI is InChI=1S/C14H11BrFNO3/c15-8-2-1-3-10(6-8)17-13(14(19)20)11-7-9(16)4-5-12(11)18/h1-7,13,17-18H,(H,19,20). The lowest BCUT2D eigenvalue weighted by Crippen LogP contribution is -2.20. The SMILES string of the molecule is O=C(O)C(Nc1cccc(Br)c1)c1cc(F)ccc1O. The fourth-order valence-electron chi connectivity index (χ4n) is 1.77. The van der Waals surface area contributed by atoms with Crippen LogP contribution in [0.1, 0.15) is 11.6 Å². The van der Waals surface area contributed by atoms with Gasteiger partial charge in [-0.15, -0.1) is 0 Å². The predicted molar refractivity (Wildman–Crippen MR) is 76.2 cm³/mol. The second kappa shape index (κ2) is 5.92. The molecule has 104 valence electrons. The zero-order valence-electron chi connectivity index (χ0n) is 10.2. The number of halogens is 2. The molecule has 2 aromatic carbocycles. The highest BCUT2D eigenvalue weighted by Gasteiger charge is 2.23. The van der Waals surface area contributed by atoms with E-state index in [2.05, 4.69) is 21.2 Å². The molecule has 0 aliphatic carbocycles. The normalized spacial score (nSPS) is 11.9.